The molecule has 2 aromatic rings. The third kappa shape index (κ3) is 2.96. The van der Waals surface area contributed by atoms with E-state index in [9.17, 15) is 14.0 Å². The number of rotatable bonds is 2. The van der Waals surface area contributed by atoms with Gasteiger partial charge in [0.05, 0.1) is 5.69 Å². The van der Waals surface area contributed by atoms with E-state index < -0.39 is 17.6 Å². The van der Waals surface area contributed by atoms with Crippen molar-refractivity contribution in [2.45, 2.75) is 6.92 Å². The van der Waals surface area contributed by atoms with Crippen LogP contribution in [0.4, 0.5) is 10.1 Å². The van der Waals surface area contributed by atoms with Gasteiger partial charge in [0.25, 0.3) is 11.8 Å². The van der Waals surface area contributed by atoms with Crippen molar-refractivity contribution in [3.05, 3.63) is 71.0 Å². The second-order valence-electron chi connectivity index (χ2n) is 5.32. The van der Waals surface area contributed by atoms with E-state index in [2.05, 4.69) is 5.32 Å². The van der Waals surface area contributed by atoms with Gasteiger partial charge in [-0.3, -0.25) is 14.9 Å². The topological polar surface area (TPSA) is 49.4 Å². The highest BCUT2D eigenvalue weighted by Gasteiger charge is 2.35. The Hall–Kier alpha value is -2.86. The van der Waals surface area contributed by atoms with Gasteiger partial charge in [-0.25, -0.2) is 9.29 Å². The van der Waals surface area contributed by atoms with Crippen LogP contribution in [0.2, 0.25) is 0 Å². The molecule has 1 saturated heterocycles. The zero-order valence-corrected chi connectivity index (χ0v) is 13.6. The van der Waals surface area contributed by atoms with Gasteiger partial charge in [-0.2, -0.15) is 0 Å². The number of anilines is 1. The average Bonchev–Trinajstić information content (AvgIpc) is 2.53. The second kappa shape index (κ2) is 6.33. The summed E-state index contributed by atoms with van der Waals surface area (Å²) in [6.07, 6.45) is 1.47. The Morgan fingerprint density at radius 1 is 1.12 bits per heavy atom. The second-order valence-corrected chi connectivity index (χ2v) is 5.71. The number of carbonyl (C=O) groups excluding carboxylic acids is 2. The normalized spacial score (nSPS) is 16.5. The van der Waals surface area contributed by atoms with Gasteiger partial charge in [-0.15, -0.1) is 0 Å². The van der Waals surface area contributed by atoms with E-state index in [-0.39, 0.29) is 16.4 Å². The molecule has 0 spiro atoms. The van der Waals surface area contributed by atoms with E-state index >= 15 is 0 Å². The van der Waals surface area contributed by atoms with Gasteiger partial charge in [0.1, 0.15) is 11.4 Å². The first-order chi connectivity index (χ1) is 11.5. The van der Waals surface area contributed by atoms with Crippen LogP contribution in [0.3, 0.4) is 0 Å². The van der Waals surface area contributed by atoms with Crippen molar-refractivity contribution in [3.8, 4) is 0 Å². The summed E-state index contributed by atoms with van der Waals surface area (Å²) in [6.45, 7) is 1.91. The van der Waals surface area contributed by atoms with Crippen LogP contribution in [0.25, 0.3) is 6.08 Å². The van der Waals surface area contributed by atoms with Crippen molar-refractivity contribution < 1.29 is 14.0 Å². The first-order valence-corrected chi connectivity index (χ1v) is 7.61. The number of hydrogen-bond acceptors (Lipinski definition) is 3. The van der Waals surface area contributed by atoms with Crippen LogP contribution in [0, 0.1) is 12.7 Å². The highest BCUT2D eigenvalue weighted by atomic mass is 32.1. The molecule has 2 aromatic carbocycles. The molecule has 0 radical (unpaired) electrons. The van der Waals surface area contributed by atoms with E-state index in [4.69, 9.17) is 12.2 Å². The number of nitrogens with zero attached hydrogens (tertiary/aromatic N) is 1. The minimum atomic E-state index is -0.657. The van der Waals surface area contributed by atoms with Gasteiger partial charge in [0, 0.05) is 0 Å². The number of carbonyl (C=O) groups is 2. The molecule has 1 aliphatic rings. The fourth-order valence-electron chi connectivity index (χ4n) is 2.44. The lowest BCUT2D eigenvalue weighted by atomic mass is 10.1. The van der Waals surface area contributed by atoms with Gasteiger partial charge in [0.2, 0.25) is 0 Å². The highest BCUT2D eigenvalue weighted by molar-refractivity contribution is 7.80. The molecule has 0 unspecified atom stereocenters. The maximum absolute atomic E-state index is 14.0. The van der Waals surface area contributed by atoms with Crippen LogP contribution in [0.15, 0.2) is 54.1 Å². The predicted octanol–water partition coefficient (Wildman–Crippen LogP) is 2.97. The minimum Gasteiger partial charge on any atom is -0.298 e. The fourth-order valence-corrected chi connectivity index (χ4v) is 2.71. The first kappa shape index (κ1) is 16.0. The summed E-state index contributed by atoms with van der Waals surface area (Å²) < 4.78 is 14.0. The quantitative estimate of drug-likeness (QED) is 0.519. The Labute approximate surface area is 143 Å². The molecule has 1 N–H and O–H groups in total. The number of halogens is 1. The van der Waals surface area contributed by atoms with Gasteiger partial charge < -0.3 is 0 Å². The Balaban J connectivity index is 2.05. The van der Waals surface area contributed by atoms with Crippen molar-refractivity contribution in [2.24, 2.45) is 0 Å². The molecular weight excluding hydrogens is 327 g/mol. The van der Waals surface area contributed by atoms with Crippen molar-refractivity contribution >= 4 is 40.9 Å². The SMILES string of the molecule is Cc1cccc(/C=C2\C(=O)NC(=S)N(c3ccccc3F)C2=O)c1. The minimum absolute atomic E-state index is 0.00245. The van der Waals surface area contributed by atoms with Crippen LogP contribution >= 0.6 is 12.2 Å². The molecule has 2 amide bonds. The Kier molecular flexibility index (Phi) is 4.22. The molecule has 6 heteroatoms. The number of para-hydroxylation sites is 1. The van der Waals surface area contributed by atoms with E-state index in [1.165, 1.54) is 24.3 Å². The number of hydrogen-bond donors (Lipinski definition) is 1. The van der Waals surface area contributed by atoms with E-state index in [0.29, 0.717) is 5.56 Å². The molecular formula is C18H13FN2O2S. The third-order valence-corrected chi connectivity index (χ3v) is 3.83. The number of benzene rings is 2. The lowest BCUT2D eigenvalue weighted by Crippen LogP contribution is -2.54. The monoisotopic (exact) mass is 340 g/mol. The molecule has 0 bridgehead atoms. The van der Waals surface area contributed by atoms with Crippen LogP contribution in [0.5, 0.6) is 0 Å². The maximum Gasteiger partial charge on any atom is 0.270 e. The zero-order chi connectivity index (χ0) is 17.3. The molecule has 0 aliphatic carbocycles. The van der Waals surface area contributed by atoms with Crippen LogP contribution in [-0.4, -0.2) is 16.9 Å². The Morgan fingerprint density at radius 2 is 1.88 bits per heavy atom. The van der Waals surface area contributed by atoms with Crippen LogP contribution in [-0.2, 0) is 9.59 Å². The third-order valence-electron chi connectivity index (χ3n) is 3.55. The fraction of sp³-hybridized carbons (Fsp3) is 0.0556. The Bertz CT molecular complexity index is 892. The van der Waals surface area contributed by atoms with Crippen molar-refractivity contribution in [1.29, 1.82) is 0 Å². The summed E-state index contributed by atoms with van der Waals surface area (Å²) in [6, 6.07) is 13.1. The average molecular weight is 340 g/mol. The number of nitrogens with one attached hydrogen (secondary N) is 1. The largest absolute Gasteiger partial charge is 0.298 e. The summed E-state index contributed by atoms with van der Waals surface area (Å²) >= 11 is 5.04. The molecule has 0 saturated carbocycles. The van der Waals surface area contributed by atoms with E-state index in [1.54, 1.807) is 12.1 Å². The van der Waals surface area contributed by atoms with Gasteiger partial charge in [-0.05, 0) is 42.9 Å². The molecule has 1 aliphatic heterocycles. The molecule has 0 aromatic heterocycles. The molecule has 120 valence electrons. The van der Waals surface area contributed by atoms with E-state index in [0.717, 1.165) is 10.5 Å². The predicted molar refractivity (Wildman–Crippen MR) is 93.8 cm³/mol. The molecule has 24 heavy (non-hydrogen) atoms. The van der Waals surface area contributed by atoms with Crippen LogP contribution < -0.4 is 10.2 Å². The summed E-state index contributed by atoms with van der Waals surface area (Å²) in [7, 11) is 0. The highest BCUT2D eigenvalue weighted by Crippen LogP contribution is 2.24. The van der Waals surface area contributed by atoms with Crippen molar-refractivity contribution in [3.63, 3.8) is 0 Å². The molecule has 3 rings (SSSR count). The van der Waals surface area contributed by atoms with Crippen molar-refractivity contribution in [2.75, 3.05) is 4.90 Å². The van der Waals surface area contributed by atoms with Crippen molar-refractivity contribution in [1.82, 2.24) is 5.32 Å². The number of amides is 2. The smallest absolute Gasteiger partial charge is 0.270 e. The number of thiocarbonyl (C=S) groups is 1. The van der Waals surface area contributed by atoms with Gasteiger partial charge >= 0.3 is 0 Å². The summed E-state index contributed by atoms with van der Waals surface area (Å²) in [5.74, 6) is -1.85. The maximum atomic E-state index is 14.0. The lowest BCUT2D eigenvalue weighted by molar-refractivity contribution is -0.122. The number of aryl methyl sites for hydroxylation is 1. The first-order valence-electron chi connectivity index (χ1n) is 7.20. The summed E-state index contributed by atoms with van der Waals surface area (Å²) in [5, 5.41) is 2.29. The molecule has 0 atom stereocenters. The summed E-state index contributed by atoms with van der Waals surface area (Å²) in [4.78, 5) is 25.9. The van der Waals surface area contributed by atoms with Gasteiger partial charge in [-0.1, -0.05) is 42.0 Å². The van der Waals surface area contributed by atoms with E-state index in [1.807, 2.05) is 25.1 Å². The molecule has 1 fully saturated rings. The lowest BCUT2D eigenvalue weighted by Gasteiger charge is -2.29. The van der Waals surface area contributed by atoms with Gasteiger partial charge in [0.15, 0.2) is 5.11 Å². The summed E-state index contributed by atoms with van der Waals surface area (Å²) in [5.41, 5.74) is 1.60. The molecule has 4 nitrogen and oxygen atoms in total. The van der Waals surface area contributed by atoms with Crippen LogP contribution in [0.1, 0.15) is 11.1 Å². The zero-order valence-electron chi connectivity index (χ0n) is 12.7. The molecule has 1 heterocycles. The standard InChI is InChI=1S/C18H13FN2O2S/c1-11-5-4-6-12(9-11)10-13-16(22)20-18(24)21(17(13)23)15-8-3-2-7-14(15)19/h2-10H,1H3,(H,20,22,24)/b13-10+. The Morgan fingerprint density at radius 3 is 2.58 bits per heavy atom.